The Bertz CT molecular complexity index is 1220. The van der Waals surface area contributed by atoms with Crippen LogP contribution in [0.3, 0.4) is 0 Å². The van der Waals surface area contributed by atoms with E-state index in [1.165, 1.54) is 11.3 Å². The second kappa shape index (κ2) is 11.4. The van der Waals surface area contributed by atoms with E-state index in [1.54, 1.807) is 11.7 Å². The molecule has 178 valence electrons. The molecule has 1 aromatic heterocycles. The molecule has 0 bridgehead atoms. The Balaban J connectivity index is 1.45. The van der Waals surface area contributed by atoms with Crippen LogP contribution in [-0.4, -0.2) is 56.0 Å². The number of methoxy groups -OCH3 is 1. The Morgan fingerprint density at radius 1 is 1.32 bits per heavy atom. The van der Waals surface area contributed by atoms with E-state index in [0.29, 0.717) is 32.7 Å². The maximum atomic E-state index is 12.5. The van der Waals surface area contributed by atoms with Crippen molar-refractivity contribution >= 4 is 27.5 Å². The van der Waals surface area contributed by atoms with Crippen molar-refractivity contribution in [2.45, 2.75) is 31.5 Å². The molecule has 1 amide bonds. The molecule has 0 radical (unpaired) electrons. The Hall–Kier alpha value is -3.03. The van der Waals surface area contributed by atoms with E-state index in [9.17, 15) is 14.9 Å². The summed E-state index contributed by atoms with van der Waals surface area (Å²) in [5.41, 5.74) is 3.87. The lowest BCUT2D eigenvalue weighted by Crippen LogP contribution is -2.46. The van der Waals surface area contributed by atoms with E-state index in [4.69, 9.17) is 9.47 Å². The first-order valence-electron chi connectivity index (χ1n) is 11.3. The third-order valence-corrected chi connectivity index (χ3v) is 6.79. The Kier molecular flexibility index (Phi) is 8.08. The number of carbonyl (C=O) groups is 1. The van der Waals surface area contributed by atoms with Gasteiger partial charge in [-0.1, -0.05) is 41.7 Å². The zero-order valence-corrected chi connectivity index (χ0v) is 19.9. The van der Waals surface area contributed by atoms with Crippen molar-refractivity contribution in [1.29, 1.82) is 5.26 Å². The summed E-state index contributed by atoms with van der Waals surface area (Å²) in [6.45, 7) is 2.80. The number of nitrogens with zero attached hydrogens (tertiary/aromatic N) is 2. The maximum Gasteiger partial charge on any atom is 0.308 e. The first-order chi connectivity index (χ1) is 16.6. The fourth-order valence-electron chi connectivity index (χ4n) is 3.98. The van der Waals surface area contributed by atoms with Crippen LogP contribution in [-0.2, 0) is 27.2 Å². The highest BCUT2D eigenvalue weighted by Gasteiger charge is 2.23. The Morgan fingerprint density at radius 2 is 2.12 bits per heavy atom. The lowest BCUT2D eigenvalue weighted by Gasteiger charge is -2.18. The first kappa shape index (κ1) is 24.1. The molecule has 2 aromatic carbocycles. The Labute approximate surface area is 202 Å². The number of aromatic nitrogens is 1. The van der Waals surface area contributed by atoms with Gasteiger partial charge in [-0.15, -0.1) is 0 Å². The number of fused-ring (bicyclic) bond motifs is 1. The van der Waals surface area contributed by atoms with Gasteiger partial charge in [-0.2, -0.15) is 5.26 Å². The molecule has 2 N–H and O–H groups in total. The van der Waals surface area contributed by atoms with Gasteiger partial charge in [0.1, 0.15) is 12.1 Å². The highest BCUT2D eigenvalue weighted by Crippen LogP contribution is 2.26. The third kappa shape index (κ3) is 5.72. The number of ether oxygens (including phenoxy) is 2. The quantitative estimate of drug-likeness (QED) is 0.513. The van der Waals surface area contributed by atoms with Crippen molar-refractivity contribution in [1.82, 2.24) is 15.2 Å². The molecular formula is C25H28N4O4S. The minimum absolute atomic E-state index is 0.00849. The zero-order valence-electron chi connectivity index (χ0n) is 19.1. The van der Waals surface area contributed by atoms with Crippen LogP contribution in [0.15, 0.2) is 47.3 Å². The van der Waals surface area contributed by atoms with E-state index in [0.717, 1.165) is 39.9 Å². The molecule has 1 aliphatic heterocycles. The normalized spacial score (nSPS) is 17.1. The number of amides is 1. The molecule has 0 saturated carbocycles. The number of hydrogen-bond donors (Lipinski definition) is 2. The van der Waals surface area contributed by atoms with Crippen molar-refractivity contribution in [2.24, 2.45) is 0 Å². The molecule has 2 atom stereocenters. The molecule has 8 nitrogen and oxygen atoms in total. The van der Waals surface area contributed by atoms with Gasteiger partial charge in [-0.05, 0) is 41.8 Å². The number of nitriles is 1. The maximum absolute atomic E-state index is 12.5. The summed E-state index contributed by atoms with van der Waals surface area (Å²) in [6.07, 6.45) is 0.694. The molecule has 1 unspecified atom stereocenters. The van der Waals surface area contributed by atoms with Gasteiger partial charge in [0.2, 0.25) is 0 Å². The average molecular weight is 481 g/mol. The van der Waals surface area contributed by atoms with Crippen molar-refractivity contribution in [3.8, 4) is 17.2 Å². The second-order valence-electron chi connectivity index (χ2n) is 8.20. The number of nitrogens with one attached hydrogen (secondary N) is 2. The van der Waals surface area contributed by atoms with Gasteiger partial charge in [-0.25, -0.2) is 0 Å². The van der Waals surface area contributed by atoms with Crippen LogP contribution in [0.1, 0.15) is 12.0 Å². The number of thiazole rings is 1. The van der Waals surface area contributed by atoms with Crippen LogP contribution in [0.5, 0.6) is 0 Å². The summed E-state index contributed by atoms with van der Waals surface area (Å²) < 4.78 is 13.4. The zero-order chi connectivity index (χ0) is 23.9. The fourth-order valence-corrected chi connectivity index (χ4v) is 4.88. The smallest absolute Gasteiger partial charge is 0.308 e. The fraction of sp³-hybridized carbons (Fsp3) is 0.400. The topological polar surface area (TPSA) is 105 Å². The average Bonchev–Trinajstić information content (AvgIpc) is 3.01. The van der Waals surface area contributed by atoms with Crippen molar-refractivity contribution in [2.75, 3.05) is 33.4 Å². The van der Waals surface area contributed by atoms with Gasteiger partial charge in [0.05, 0.1) is 29.4 Å². The standard InChI is InChI=1S/C25H28N4O4S/c1-32-12-10-29-21-14-19(7-8-23(21)34-25(29)31)18-5-3-17(4-6-18)13-20(15-26)28-24(30)22-16-27-9-2-11-33-22/h3-8,14,20,22,27H,2,9-13,16H2,1H3,(H,28,30)/t20-,22?/m0/s1. The summed E-state index contributed by atoms with van der Waals surface area (Å²) in [4.78, 5) is 24.8. The monoisotopic (exact) mass is 480 g/mol. The lowest BCUT2D eigenvalue weighted by atomic mass is 10.0. The highest BCUT2D eigenvalue weighted by atomic mass is 32.1. The predicted molar refractivity (Wildman–Crippen MR) is 132 cm³/mol. The largest absolute Gasteiger partial charge is 0.383 e. The molecule has 1 aliphatic rings. The van der Waals surface area contributed by atoms with Gasteiger partial charge in [0, 0.05) is 26.7 Å². The first-order valence-corrected chi connectivity index (χ1v) is 12.1. The lowest BCUT2D eigenvalue weighted by molar-refractivity contribution is -0.132. The van der Waals surface area contributed by atoms with E-state index >= 15 is 0 Å². The number of rotatable bonds is 8. The van der Waals surface area contributed by atoms with Gasteiger partial charge in [-0.3, -0.25) is 14.2 Å². The van der Waals surface area contributed by atoms with Crippen molar-refractivity contribution in [3.05, 3.63) is 57.7 Å². The van der Waals surface area contributed by atoms with Crippen molar-refractivity contribution in [3.63, 3.8) is 0 Å². The molecule has 34 heavy (non-hydrogen) atoms. The number of benzene rings is 2. The minimum Gasteiger partial charge on any atom is -0.383 e. The van der Waals surface area contributed by atoms with Crippen LogP contribution in [0.4, 0.5) is 0 Å². The van der Waals surface area contributed by atoms with E-state index in [1.807, 2.05) is 42.5 Å². The molecule has 0 spiro atoms. The van der Waals surface area contributed by atoms with Crippen LogP contribution in [0, 0.1) is 11.3 Å². The molecule has 1 saturated heterocycles. The molecule has 4 rings (SSSR count). The van der Waals surface area contributed by atoms with Crippen LogP contribution in [0.25, 0.3) is 21.3 Å². The van der Waals surface area contributed by atoms with E-state index in [2.05, 4.69) is 16.7 Å². The van der Waals surface area contributed by atoms with Gasteiger partial charge < -0.3 is 20.1 Å². The third-order valence-electron chi connectivity index (χ3n) is 5.82. The summed E-state index contributed by atoms with van der Waals surface area (Å²) in [6, 6.07) is 15.5. The summed E-state index contributed by atoms with van der Waals surface area (Å²) in [5, 5.41) is 15.5. The van der Waals surface area contributed by atoms with Gasteiger partial charge in [0.15, 0.2) is 0 Å². The summed E-state index contributed by atoms with van der Waals surface area (Å²) in [7, 11) is 1.62. The van der Waals surface area contributed by atoms with Gasteiger partial charge >= 0.3 is 4.87 Å². The number of hydrogen-bond acceptors (Lipinski definition) is 7. The van der Waals surface area contributed by atoms with Crippen molar-refractivity contribution < 1.29 is 14.3 Å². The summed E-state index contributed by atoms with van der Waals surface area (Å²) in [5.74, 6) is -0.263. The molecule has 1 fully saturated rings. The molecule has 3 aromatic rings. The van der Waals surface area contributed by atoms with E-state index < -0.39 is 12.1 Å². The number of carbonyl (C=O) groups excluding carboxylic acids is 1. The van der Waals surface area contributed by atoms with Gasteiger partial charge in [0.25, 0.3) is 5.91 Å². The molecule has 9 heteroatoms. The molecule has 0 aliphatic carbocycles. The van der Waals surface area contributed by atoms with Crippen LogP contribution >= 0.6 is 11.3 Å². The summed E-state index contributed by atoms with van der Waals surface area (Å²) >= 11 is 1.23. The van der Waals surface area contributed by atoms with Crippen LogP contribution < -0.4 is 15.5 Å². The minimum atomic E-state index is -0.637. The molecular weight excluding hydrogens is 452 g/mol. The molecule has 2 heterocycles. The second-order valence-corrected chi connectivity index (χ2v) is 9.20. The highest BCUT2D eigenvalue weighted by molar-refractivity contribution is 7.16. The SMILES string of the molecule is COCCn1c(=O)sc2ccc(-c3ccc(C[C@@H](C#N)NC(=O)C4CNCCCO4)cc3)cc21. The Morgan fingerprint density at radius 3 is 2.88 bits per heavy atom. The predicted octanol–water partition coefficient (Wildman–Crippen LogP) is 2.31. The van der Waals surface area contributed by atoms with Crippen LogP contribution in [0.2, 0.25) is 0 Å². The van der Waals surface area contributed by atoms with E-state index in [-0.39, 0.29) is 10.8 Å².